The molecule has 0 aliphatic carbocycles. The van der Waals surface area contributed by atoms with Crippen LogP contribution in [0.1, 0.15) is 42.4 Å². The molecule has 6 heteroatoms. The number of benzene rings is 1. The lowest BCUT2D eigenvalue weighted by Gasteiger charge is -2.14. The maximum absolute atomic E-state index is 11.9. The molecule has 26 heavy (non-hydrogen) atoms. The van der Waals surface area contributed by atoms with E-state index in [0.29, 0.717) is 23.7 Å². The van der Waals surface area contributed by atoms with Gasteiger partial charge in [0.25, 0.3) is 0 Å². The van der Waals surface area contributed by atoms with Gasteiger partial charge in [-0.1, -0.05) is 25.4 Å². The first kappa shape index (κ1) is 18.9. The molecular weight excluding hydrogens is 370 g/mol. The molecule has 138 valence electrons. The van der Waals surface area contributed by atoms with Crippen molar-refractivity contribution in [2.75, 3.05) is 6.54 Å². The number of ether oxygens (including phenoxy) is 1. The van der Waals surface area contributed by atoms with Crippen LogP contribution in [-0.2, 0) is 11.2 Å². The van der Waals surface area contributed by atoms with E-state index in [1.54, 1.807) is 6.92 Å². The highest BCUT2D eigenvalue weighted by atomic mass is 35.5. The number of Topliss-reactive ketones (excluding diaryl/α,β-unsaturated/α-hetero) is 1. The van der Waals surface area contributed by atoms with Gasteiger partial charge in [-0.15, -0.1) is 11.3 Å². The summed E-state index contributed by atoms with van der Waals surface area (Å²) < 4.78 is 5.94. The van der Waals surface area contributed by atoms with E-state index < -0.39 is 0 Å². The summed E-state index contributed by atoms with van der Waals surface area (Å²) in [4.78, 5) is 25.2. The van der Waals surface area contributed by atoms with Crippen molar-refractivity contribution in [3.05, 3.63) is 39.7 Å². The SMILES string of the molecule is CCC(C)C(=O)NCC1Cc2cc(-c3ccc(C(C)=O)s3)cc(Cl)c2O1. The third-order valence-corrected chi connectivity index (χ3v) is 6.17. The molecule has 0 saturated heterocycles. The minimum atomic E-state index is -0.109. The smallest absolute Gasteiger partial charge is 0.222 e. The van der Waals surface area contributed by atoms with E-state index in [0.717, 1.165) is 27.3 Å². The maximum atomic E-state index is 11.9. The topological polar surface area (TPSA) is 55.4 Å². The third-order valence-electron chi connectivity index (χ3n) is 4.65. The normalized spacial score (nSPS) is 16.7. The number of rotatable bonds is 6. The van der Waals surface area contributed by atoms with Crippen LogP contribution in [0.5, 0.6) is 5.75 Å². The van der Waals surface area contributed by atoms with Crippen LogP contribution in [-0.4, -0.2) is 24.3 Å². The Morgan fingerprint density at radius 1 is 1.38 bits per heavy atom. The number of ketones is 1. The van der Waals surface area contributed by atoms with Crippen LogP contribution < -0.4 is 10.1 Å². The lowest BCUT2D eigenvalue weighted by Crippen LogP contribution is -2.37. The summed E-state index contributed by atoms with van der Waals surface area (Å²) in [5, 5.41) is 3.51. The predicted molar refractivity (Wildman–Crippen MR) is 105 cm³/mol. The summed E-state index contributed by atoms with van der Waals surface area (Å²) in [6.45, 7) is 5.95. The van der Waals surface area contributed by atoms with E-state index in [1.165, 1.54) is 11.3 Å². The Labute approximate surface area is 162 Å². The molecule has 1 aliphatic heterocycles. The maximum Gasteiger partial charge on any atom is 0.222 e. The number of hydrogen-bond donors (Lipinski definition) is 1. The van der Waals surface area contributed by atoms with Gasteiger partial charge in [0.05, 0.1) is 16.4 Å². The molecule has 0 fully saturated rings. The van der Waals surface area contributed by atoms with Crippen LogP contribution in [0, 0.1) is 5.92 Å². The van der Waals surface area contributed by atoms with Gasteiger partial charge in [-0.25, -0.2) is 0 Å². The van der Waals surface area contributed by atoms with Gasteiger partial charge in [0.1, 0.15) is 11.9 Å². The van der Waals surface area contributed by atoms with Gasteiger partial charge >= 0.3 is 0 Å². The zero-order chi connectivity index (χ0) is 18.8. The number of halogens is 1. The Morgan fingerprint density at radius 3 is 2.81 bits per heavy atom. The molecule has 1 aromatic carbocycles. The van der Waals surface area contributed by atoms with Crippen LogP contribution in [0.25, 0.3) is 10.4 Å². The van der Waals surface area contributed by atoms with Crippen molar-refractivity contribution < 1.29 is 14.3 Å². The van der Waals surface area contributed by atoms with Gasteiger partial charge < -0.3 is 10.1 Å². The highest BCUT2D eigenvalue weighted by Gasteiger charge is 2.27. The molecule has 1 amide bonds. The van der Waals surface area contributed by atoms with Crippen LogP contribution >= 0.6 is 22.9 Å². The van der Waals surface area contributed by atoms with Crippen molar-refractivity contribution >= 4 is 34.6 Å². The van der Waals surface area contributed by atoms with E-state index >= 15 is 0 Å². The molecule has 0 radical (unpaired) electrons. The standard InChI is InChI=1S/C20H22ClNO3S/c1-4-11(2)20(24)22-10-15-8-14-7-13(9-16(21)19(14)25-15)18-6-5-17(26-18)12(3)23/h5-7,9,11,15H,4,8,10H2,1-3H3,(H,22,24). The van der Waals surface area contributed by atoms with E-state index in [9.17, 15) is 9.59 Å². The molecule has 0 spiro atoms. The Balaban J connectivity index is 1.73. The molecule has 1 N–H and O–H groups in total. The molecule has 1 aliphatic rings. The largest absolute Gasteiger partial charge is 0.486 e. The first-order valence-corrected chi connectivity index (χ1v) is 9.96. The fraction of sp³-hybridized carbons (Fsp3) is 0.400. The summed E-state index contributed by atoms with van der Waals surface area (Å²) >= 11 is 7.88. The Morgan fingerprint density at radius 2 is 2.15 bits per heavy atom. The monoisotopic (exact) mass is 391 g/mol. The van der Waals surface area contributed by atoms with Crippen LogP contribution in [0.2, 0.25) is 5.02 Å². The van der Waals surface area contributed by atoms with E-state index in [1.807, 2.05) is 32.0 Å². The molecule has 2 heterocycles. The molecule has 2 atom stereocenters. The first-order valence-electron chi connectivity index (χ1n) is 8.77. The van der Waals surface area contributed by atoms with Gasteiger partial charge in [-0.05, 0) is 43.2 Å². The second-order valence-corrected chi connectivity index (χ2v) is 8.16. The quantitative estimate of drug-likeness (QED) is 0.724. The minimum Gasteiger partial charge on any atom is -0.486 e. The zero-order valence-corrected chi connectivity index (χ0v) is 16.7. The number of carbonyl (C=O) groups is 2. The highest BCUT2D eigenvalue weighted by molar-refractivity contribution is 7.17. The summed E-state index contributed by atoms with van der Waals surface area (Å²) in [5.41, 5.74) is 2.02. The number of amides is 1. The van der Waals surface area contributed by atoms with Crippen molar-refractivity contribution in [3.8, 4) is 16.2 Å². The van der Waals surface area contributed by atoms with E-state index in [4.69, 9.17) is 16.3 Å². The second-order valence-electron chi connectivity index (χ2n) is 6.66. The van der Waals surface area contributed by atoms with Crippen LogP contribution in [0.15, 0.2) is 24.3 Å². The molecular formula is C20H22ClNO3S. The fourth-order valence-electron chi connectivity index (χ4n) is 2.90. The molecule has 0 saturated carbocycles. The molecule has 0 bridgehead atoms. The summed E-state index contributed by atoms with van der Waals surface area (Å²) in [6, 6.07) is 7.72. The fourth-order valence-corrected chi connectivity index (χ4v) is 4.07. The average Bonchev–Trinajstić information content (AvgIpc) is 3.25. The van der Waals surface area contributed by atoms with Crippen molar-refractivity contribution in [1.82, 2.24) is 5.32 Å². The van der Waals surface area contributed by atoms with Crippen LogP contribution in [0.4, 0.5) is 0 Å². The number of nitrogens with one attached hydrogen (secondary N) is 1. The highest BCUT2D eigenvalue weighted by Crippen LogP contribution is 2.41. The molecule has 2 unspecified atom stereocenters. The molecule has 1 aromatic heterocycles. The number of thiophene rings is 1. The van der Waals surface area contributed by atoms with Crippen molar-refractivity contribution in [3.63, 3.8) is 0 Å². The van der Waals surface area contributed by atoms with E-state index in [2.05, 4.69) is 11.4 Å². The van der Waals surface area contributed by atoms with Crippen molar-refractivity contribution in [2.45, 2.75) is 39.7 Å². The minimum absolute atomic E-state index is 0.00303. The lowest BCUT2D eigenvalue weighted by atomic mass is 10.0. The van der Waals surface area contributed by atoms with Gasteiger partial charge in [0.15, 0.2) is 5.78 Å². The Hall–Kier alpha value is -1.85. The Bertz CT molecular complexity index is 846. The zero-order valence-electron chi connectivity index (χ0n) is 15.1. The first-order chi connectivity index (χ1) is 12.4. The molecule has 4 nitrogen and oxygen atoms in total. The summed E-state index contributed by atoms with van der Waals surface area (Å²) in [7, 11) is 0. The predicted octanol–water partition coefficient (Wildman–Crippen LogP) is 4.74. The van der Waals surface area contributed by atoms with Crippen LogP contribution in [0.3, 0.4) is 0 Å². The lowest BCUT2D eigenvalue weighted by molar-refractivity contribution is -0.124. The summed E-state index contributed by atoms with van der Waals surface area (Å²) in [5.74, 6) is 0.813. The van der Waals surface area contributed by atoms with E-state index in [-0.39, 0.29) is 23.7 Å². The van der Waals surface area contributed by atoms with Crippen molar-refractivity contribution in [2.24, 2.45) is 5.92 Å². The summed E-state index contributed by atoms with van der Waals surface area (Å²) in [6.07, 6.45) is 1.41. The number of carbonyl (C=O) groups excluding carboxylic acids is 2. The second kappa shape index (κ2) is 7.80. The molecule has 3 rings (SSSR count). The average molecular weight is 392 g/mol. The molecule has 2 aromatic rings. The third kappa shape index (κ3) is 3.94. The van der Waals surface area contributed by atoms with Gasteiger partial charge in [-0.3, -0.25) is 9.59 Å². The number of fused-ring (bicyclic) bond motifs is 1. The Kier molecular flexibility index (Phi) is 5.68. The van der Waals surface area contributed by atoms with Gasteiger partial charge in [0.2, 0.25) is 5.91 Å². The van der Waals surface area contributed by atoms with Crippen molar-refractivity contribution in [1.29, 1.82) is 0 Å². The number of hydrogen-bond acceptors (Lipinski definition) is 4. The van der Waals surface area contributed by atoms with Gasteiger partial charge in [-0.2, -0.15) is 0 Å². The van der Waals surface area contributed by atoms with Gasteiger partial charge in [0, 0.05) is 22.8 Å².